The van der Waals surface area contributed by atoms with Crippen molar-refractivity contribution in [1.82, 2.24) is 4.98 Å². The molecule has 1 atom stereocenters. The summed E-state index contributed by atoms with van der Waals surface area (Å²) in [6.07, 6.45) is 4.41. The number of rotatable bonds is 5. The molecule has 3 heteroatoms. The van der Waals surface area contributed by atoms with Crippen LogP contribution in [0.4, 0.5) is 0 Å². The van der Waals surface area contributed by atoms with Gasteiger partial charge in [0.25, 0.3) is 0 Å². The van der Waals surface area contributed by atoms with E-state index in [1.807, 2.05) is 6.92 Å². The third-order valence-corrected chi connectivity index (χ3v) is 3.41. The number of aromatic nitrogens is 1. The molecule has 13 heavy (non-hydrogen) atoms. The molecule has 0 aliphatic heterocycles. The highest BCUT2D eigenvalue weighted by atomic mass is 35.5. The highest BCUT2D eigenvalue weighted by Crippen LogP contribution is 2.14. The molecule has 1 unspecified atom stereocenters. The van der Waals surface area contributed by atoms with Crippen LogP contribution in [-0.2, 0) is 6.42 Å². The number of thiazole rings is 1. The first-order chi connectivity index (χ1) is 6.22. The van der Waals surface area contributed by atoms with E-state index in [-0.39, 0.29) is 0 Å². The van der Waals surface area contributed by atoms with Gasteiger partial charge in [0.05, 0.1) is 10.7 Å². The fourth-order valence-electron chi connectivity index (χ4n) is 1.23. The molecular formula is C10H16ClNS. The van der Waals surface area contributed by atoms with Crippen molar-refractivity contribution in [2.75, 3.05) is 0 Å². The van der Waals surface area contributed by atoms with E-state index in [2.05, 4.69) is 17.3 Å². The zero-order valence-electron chi connectivity index (χ0n) is 8.22. The number of nitrogens with zero attached hydrogens (tertiary/aromatic N) is 1. The van der Waals surface area contributed by atoms with E-state index in [0.717, 1.165) is 30.7 Å². The molecule has 0 saturated carbocycles. The Balaban J connectivity index is 2.20. The van der Waals surface area contributed by atoms with Crippen LogP contribution in [0.5, 0.6) is 0 Å². The smallest absolute Gasteiger partial charge is 0.0897 e. The third-order valence-electron chi connectivity index (χ3n) is 2.06. The van der Waals surface area contributed by atoms with Gasteiger partial charge in [0.2, 0.25) is 0 Å². The summed E-state index contributed by atoms with van der Waals surface area (Å²) in [6.45, 7) is 4.18. The summed E-state index contributed by atoms with van der Waals surface area (Å²) in [5, 5.41) is 3.65. The Kier molecular flexibility index (Phi) is 4.74. The average Bonchev–Trinajstić information content (AvgIpc) is 2.51. The maximum Gasteiger partial charge on any atom is 0.0897 e. The van der Waals surface area contributed by atoms with Crippen LogP contribution >= 0.6 is 22.9 Å². The molecule has 1 aromatic rings. The largest absolute Gasteiger partial charge is 0.247 e. The molecule has 0 saturated heterocycles. The van der Waals surface area contributed by atoms with E-state index in [1.165, 1.54) is 5.69 Å². The van der Waals surface area contributed by atoms with Crippen molar-refractivity contribution in [3.05, 3.63) is 16.1 Å². The second kappa shape index (κ2) is 5.61. The molecule has 0 aliphatic carbocycles. The van der Waals surface area contributed by atoms with E-state index in [4.69, 9.17) is 11.6 Å². The fraction of sp³-hybridized carbons (Fsp3) is 0.700. The molecule has 0 fully saturated rings. The maximum absolute atomic E-state index is 6.02. The van der Waals surface area contributed by atoms with E-state index in [1.54, 1.807) is 11.3 Å². The van der Waals surface area contributed by atoms with Gasteiger partial charge in [0.15, 0.2) is 0 Å². The van der Waals surface area contributed by atoms with E-state index >= 15 is 0 Å². The van der Waals surface area contributed by atoms with Gasteiger partial charge in [-0.05, 0) is 32.6 Å². The second-order valence-corrected chi connectivity index (χ2v) is 4.94. The average molecular weight is 218 g/mol. The summed E-state index contributed by atoms with van der Waals surface area (Å²) >= 11 is 7.74. The Morgan fingerprint density at radius 2 is 2.38 bits per heavy atom. The highest BCUT2D eigenvalue weighted by Gasteiger charge is 2.02. The molecule has 1 rings (SSSR count). The van der Waals surface area contributed by atoms with Gasteiger partial charge in [-0.15, -0.1) is 22.9 Å². The van der Waals surface area contributed by atoms with Crippen LogP contribution in [-0.4, -0.2) is 10.4 Å². The lowest BCUT2D eigenvalue weighted by atomic mass is 10.1. The Morgan fingerprint density at radius 1 is 1.62 bits per heavy atom. The summed E-state index contributed by atoms with van der Waals surface area (Å²) in [4.78, 5) is 4.41. The van der Waals surface area contributed by atoms with Crippen LogP contribution in [0.25, 0.3) is 0 Å². The minimum atomic E-state index is 0.347. The van der Waals surface area contributed by atoms with Crippen LogP contribution in [0.15, 0.2) is 5.38 Å². The van der Waals surface area contributed by atoms with Gasteiger partial charge in [-0.3, -0.25) is 0 Å². The van der Waals surface area contributed by atoms with E-state index in [0.29, 0.717) is 5.38 Å². The Labute approximate surface area is 89.1 Å². The molecule has 0 spiro atoms. The van der Waals surface area contributed by atoms with Crippen LogP contribution in [0, 0.1) is 6.92 Å². The zero-order valence-corrected chi connectivity index (χ0v) is 9.79. The second-order valence-electron chi connectivity index (χ2n) is 3.26. The van der Waals surface area contributed by atoms with Gasteiger partial charge in [0.1, 0.15) is 0 Å². The molecule has 74 valence electrons. The van der Waals surface area contributed by atoms with Crippen molar-refractivity contribution in [1.29, 1.82) is 0 Å². The fourth-order valence-corrected chi connectivity index (χ4v) is 2.03. The monoisotopic (exact) mass is 217 g/mol. The van der Waals surface area contributed by atoms with Crippen LogP contribution in [0.1, 0.15) is 36.9 Å². The van der Waals surface area contributed by atoms with Crippen molar-refractivity contribution in [3.63, 3.8) is 0 Å². The summed E-state index contributed by atoms with van der Waals surface area (Å²) in [5.74, 6) is 0. The summed E-state index contributed by atoms with van der Waals surface area (Å²) in [7, 11) is 0. The number of hydrogen-bond acceptors (Lipinski definition) is 2. The van der Waals surface area contributed by atoms with Crippen molar-refractivity contribution in [2.24, 2.45) is 0 Å². The number of halogens is 1. The first-order valence-corrected chi connectivity index (χ1v) is 6.09. The lowest BCUT2D eigenvalue weighted by Gasteiger charge is -2.03. The normalized spacial score (nSPS) is 13.2. The summed E-state index contributed by atoms with van der Waals surface area (Å²) in [6, 6.07) is 0. The van der Waals surface area contributed by atoms with E-state index in [9.17, 15) is 0 Å². The molecule has 0 aliphatic rings. The lowest BCUT2D eigenvalue weighted by Crippen LogP contribution is -1.97. The zero-order chi connectivity index (χ0) is 9.68. The van der Waals surface area contributed by atoms with Gasteiger partial charge in [-0.1, -0.05) is 6.92 Å². The molecule has 1 aromatic heterocycles. The quantitative estimate of drug-likeness (QED) is 0.684. The maximum atomic E-state index is 6.02. The van der Waals surface area contributed by atoms with Gasteiger partial charge in [-0.25, -0.2) is 4.98 Å². The van der Waals surface area contributed by atoms with Crippen LogP contribution in [0.3, 0.4) is 0 Å². The molecule has 0 N–H and O–H groups in total. The molecule has 0 amide bonds. The SMILES string of the molecule is CCC(Cl)CCCc1csc(C)n1. The van der Waals surface area contributed by atoms with Crippen molar-refractivity contribution >= 4 is 22.9 Å². The minimum absolute atomic E-state index is 0.347. The van der Waals surface area contributed by atoms with Gasteiger partial charge in [-0.2, -0.15) is 0 Å². The summed E-state index contributed by atoms with van der Waals surface area (Å²) in [5.41, 5.74) is 1.22. The van der Waals surface area contributed by atoms with E-state index < -0.39 is 0 Å². The van der Waals surface area contributed by atoms with Crippen molar-refractivity contribution in [2.45, 2.75) is 44.9 Å². The number of alkyl halides is 1. The third kappa shape index (κ3) is 4.10. The predicted molar refractivity (Wildman–Crippen MR) is 59.7 cm³/mol. The number of hydrogen-bond donors (Lipinski definition) is 0. The first kappa shape index (κ1) is 11.0. The topological polar surface area (TPSA) is 12.9 Å². The first-order valence-electron chi connectivity index (χ1n) is 4.77. The Morgan fingerprint density at radius 3 is 2.92 bits per heavy atom. The Bertz CT molecular complexity index is 247. The molecule has 0 bridgehead atoms. The molecular weight excluding hydrogens is 202 g/mol. The van der Waals surface area contributed by atoms with Crippen molar-refractivity contribution < 1.29 is 0 Å². The minimum Gasteiger partial charge on any atom is -0.247 e. The molecule has 0 radical (unpaired) electrons. The van der Waals surface area contributed by atoms with Crippen LogP contribution in [0.2, 0.25) is 0 Å². The van der Waals surface area contributed by atoms with Gasteiger partial charge in [0, 0.05) is 10.8 Å². The highest BCUT2D eigenvalue weighted by molar-refractivity contribution is 7.09. The molecule has 1 heterocycles. The number of aryl methyl sites for hydroxylation is 2. The molecule has 0 aromatic carbocycles. The lowest BCUT2D eigenvalue weighted by molar-refractivity contribution is 0.669. The molecule has 1 nitrogen and oxygen atoms in total. The van der Waals surface area contributed by atoms with Crippen molar-refractivity contribution in [3.8, 4) is 0 Å². The van der Waals surface area contributed by atoms with Gasteiger partial charge >= 0.3 is 0 Å². The van der Waals surface area contributed by atoms with Crippen LogP contribution < -0.4 is 0 Å². The predicted octanol–water partition coefficient (Wildman–Crippen LogP) is 3.79. The Hall–Kier alpha value is -0.0800. The van der Waals surface area contributed by atoms with Gasteiger partial charge < -0.3 is 0 Å². The standard InChI is InChI=1S/C10H16ClNS/c1-3-9(11)5-4-6-10-7-13-8(2)12-10/h7,9H,3-6H2,1-2H3. The summed E-state index contributed by atoms with van der Waals surface area (Å²) < 4.78 is 0.